The van der Waals surface area contributed by atoms with Crippen molar-refractivity contribution in [2.24, 2.45) is 0 Å². The molecule has 0 saturated carbocycles. The predicted octanol–water partition coefficient (Wildman–Crippen LogP) is 2.79. The van der Waals surface area contributed by atoms with Crippen LogP contribution < -0.4 is 10.5 Å². The Labute approximate surface area is 101 Å². The highest BCUT2D eigenvalue weighted by atomic mass is 32.2. The minimum Gasteiger partial charge on any atom is -0.496 e. The van der Waals surface area contributed by atoms with Crippen LogP contribution >= 0.6 is 11.8 Å². The van der Waals surface area contributed by atoms with E-state index in [1.807, 2.05) is 32.0 Å². The molecule has 0 aliphatic carbocycles. The number of hydrogen-bond donors (Lipinski definition) is 1. The zero-order valence-electron chi connectivity index (χ0n) is 10.0. The van der Waals surface area contributed by atoms with E-state index in [-0.39, 0.29) is 6.10 Å². The molecule has 0 heterocycles. The lowest BCUT2D eigenvalue weighted by Crippen LogP contribution is -2.05. The molecule has 3 nitrogen and oxygen atoms in total. The van der Waals surface area contributed by atoms with Gasteiger partial charge in [0.1, 0.15) is 5.75 Å². The van der Waals surface area contributed by atoms with Crippen LogP contribution in [0.4, 0.5) is 5.69 Å². The van der Waals surface area contributed by atoms with E-state index < -0.39 is 0 Å². The molecule has 0 fully saturated rings. The van der Waals surface area contributed by atoms with E-state index >= 15 is 0 Å². The Hall–Kier alpha value is -0.870. The van der Waals surface area contributed by atoms with Crippen molar-refractivity contribution in [1.29, 1.82) is 0 Å². The first-order chi connectivity index (χ1) is 7.63. The van der Waals surface area contributed by atoms with Gasteiger partial charge in [0.2, 0.25) is 0 Å². The van der Waals surface area contributed by atoms with Gasteiger partial charge in [-0.05, 0) is 26.0 Å². The first-order valence-electron chi connectivity index (χ1n) is 5.31. The molecule has 0 aromatic heterocycles. The van der Waals surface area contributed by atoms with Crippen LogP contribution in [0.15, 0.2) is 23.1 Å². The Morgan fingerprint density at radius 1 is 1.38 bits per heavy atom. The summed E-state index contributed by atoms with van der Waals surface area (Å²) in [6.07, 6.45) is 0.286. The highest BCUT2D eigenvalue weighted by Gasteiger charge is 2.04. The van der Waals surface area contributed by atoms with Gasteiger partial charge in [-0.3, -0.25) is 0 Å². The Bertz CT molecular complexity index is 329. The molecular formula is C12H19NO2S. The lowest BCUT2D eigenvalue weighted by atomic mass is 10.3. The Balaban J connectivity index is 2.47. The summed E-state index contributed by atoms with van der Waals surface area (Å²) in [7, 11) is 1.66. The maximum Gasteiger partial charge on any atom is 0.134 e. The lowest BCUT2D eigenvalue weighted by Gasteiger charge is -2.10. The standard InChI is InChI=1S/C12H19NO2S/c1-9(2)15-6-7-16-12-5-4-10(13)8-11(12)14-3/h4-5,8-9H,6-7,13H2,1-3H3. The largest absolute Gasteiger partial charge is 0.496 e. The summed E-state index contributed by atoms with van der Waals surface area (Å²) in [5, 5.41) is 0. The molecule has 1 aromatic carbocycles. The van der Waals surface area contributed by atoms with Crippen molar-refractivity contribution in [2.45, 2.75) is 24.8 Å². The minimum atomic E-state index is 0.286. The molecule has 0 amide bonds. The summed E-state index contributed by atoms with van der Waals surface area (Å²) in [6, 6.07) is 5.70. The monoisotopic (exact) mass is 241 g/mol. The molecule has 0 unspecified atom stereocenters. The van der Waals surface area contributed by atoms with Crippen molar-refractivity contribution in [1.82, 2.24) is 0 Å². The fraction of sp³-hybridized carbons (Fsp3) is 0.500. The average molecular weight is 241 g/mol. The zero-order valence-corrected chi connectivity index (χ0v) is 10.8. The summed E-state index contributed by atoms with van der Waals surface area (Å²) < 4.78 is 10.7. The van der Waals surface area contributed by atoms with Crippen LogP contribution in [0, 0.1) is 0 Å². The van der Waals surface area contributed by atoms with Crippen molar-refractivity contribution in [3.63, 3.8) is 0 Å². The number of benzene rings is 1. The van der Waals surface area contributed by atoms with E-state index in [1.165, 1.54) is 0 Å². The van der Waals surface area contributed by atoms with E-state index in [4.69, 9.17) is 15.2 Å². The second kappa shape index (κ2) is 6.66. The minimum absolute atomic E-state index is 0.286. The van der Waals surface area contributed by atoms with Gasteiger partial charge in [0, 0.05) is 22.4 Å². The maximum atomic E-state index is 5.68. The second-order valence-electron chi connectivity index (χ2n) is 3.68. The first kappa shape index (κ1) is 13.2. The average Bonchev–Trinajstić information content (AvgIpc) is 2.25. The van der Waals surface area contributed by atoms with E-state index in [1.54, 1.807) is 18.9 Å². The smallest absolute Gasteiger partial charge is 0.134 e. The van der Waals surface area contributed by atoms with Gasteiger partial charge in [-0.15, -0.1) is 11.8 Å². The Morgan fingerprint density at radius 2 is 2.12 bits per heavy atom. The van der Waals surface area contributed by atoms with Crippen LogP contribution in [0.1, 0.15) is 13.8 Å². The molecule has 90 valence electrons. The van der Waals surface area contributed by atoms with Crippen LogP contribution in [0.25, 0.3) is 0 Å². The number of anilines is 1. The molecule has 0 atom stereocenters. The molecule has 16 heavy (non-hydrogen) atoms. The first-order valence-corrected chi connectivity index (χ1v) is 6.30. The third-order valence-corrected chi connectivity index (χ3v) is 3.00. The molecule has 2 N–H and O–H groups in total. The molecule has 1 rings (SSSR count). The Morgan fingerprint density at radius 3 is 2.75 bits per heavy atom. The second-order valence-corrected chi connectivity index (χ2v) is 4.82. The molecule has 4 heteroatoms. The highest BCUT2D eigenvalue weighted by Crippen LogP contribution is 2.30. The number of nitrogens with two attached hydrogens (primary N) is 1. The van der Waals surface area contributed by atoms with E-state index in [0.717, 1.165) is 28.7 Å². The van der Waals surface area contributed by atoms with Crippen molar-refractivity contribution < 1.29 is 9.47 Å². The highest BCUT2D eigenvalue weighted by molar-refractivity contribution is 7.99. The molecule has 0 aliphatic rings. The number of nitrogen functional groups attached to an aromatic ring is 1. The normalized spacial score (nSPS) is 10.8. The fourth-order valence-electron chi connectivity index (χ4n) is 1.24. The summed E-state index contributed by atoms with van der Waals surface area (Å²) >= 11 is 1.72. The molecule has 0 spiro atoms. The van der Waals surface area contributed by atoms with Crippen molar-refractivity contribution in [3.05, 3.63) is 18.2 Å². The van der Waals surface area contributed by atoms with Gasteiger partial charge in [-0.1, -0.05) is 0 Å². The summed E-state index contributed by atoms with van der Waals surface area (Å²) in [5.41, 5.74) is 6.41. The van der Waals surface area contributed by atoms with Crippen molar-refractivity contribution >= 4 is 17.4 Å². The Kier molecular flexibility index (Phi) is 5.49. The van der Waals surface area contributed by atoms with E-state index in [9.17, 15) is 0 Å². The number of methoxy groups -OCH3 is 1. The maximum absolute atomic E-state index is 5.68. The van der Waals surface area contributed by atoms with Crippen molar-refractivity contribution in [2.75, 3.05) is 25.2 Å². The lowest BCUT2D eigenvalue weighted by molar-refractivity contribution is 0.0920. The molecule has 1 aromatic rings. The topological polar surface area (TPSA) is 44.5 Å². The number of rotatable bonds is 6. The van der Waals surface area contributed by atoms with Crippen molar-refractivity contribution in [3.8, 4) is 5.75 Å². The summed E-state index contributed by atoms with van der Waals surface area (Å²) in [6.45, 7) is 4.82. The third-order valence-electron chi connectivity index (χ3n) is 1.98. The summed E-state index contributed by atoms with van der Waals surface area (Å²) in [4.78, 5) is 1.10. The zero-order chi connectivity index (χ0) is 12.0. The van der Waals surface area contributed by atoms with Crippen LogP contribution in [0.3, 0.4) is 0 Å². The van der Waals surface area contributed by atoms with Gasteiger partial charge in [0.05, 0.1) is 19.8 Å². The van der Waals surface area contributed by atoms with Crippen LogP contribution in [-0.4, -0.2) is 25.6 Å². The van der Waals surface area contributed by atoms with Crippen LogP contribution in [0.5, 0.6) is 5.75 Å². The molecule has 0 saturated heterocycles. The summed E-state index contributed by atoms with van der Waals surface area (Å²) in [5.74, 6) is 1.74. The van der Waals surface area contributed by atoms with Crippen LogP contribution in [0.2, 0.25) is 0 Å². The predicted molar refractivity (Wildman–Crippen MR) is 69.2 cm³/mol. The van der Waals surface area contributed by atoms with Gasteiger partial charge >= 0.3 is 0 Å². The number of thioether (sulfide) groups is 1. The third kappa shape index (κ3) is 4.33. The molecular weight excluding hydrogens is 222 g/mol. The quantitative estimate of drug-likeness (QED) is 0.472. The van der Waals surface area contributed by atoms with Crippen LogP contribution in [-0.2, 0) is 4.74 Å². The van der Waals surface area contributed by atoms with Gasteiger partial charge in [-0.25, -0.2) is 0 Å². The molecule has 0 aliphatic heterocycles. The molecule has 0 bridgehead atoms. The number of hydrogen-bond acceptors (Lipinski definition) is 4. The fourth-order valence-corrected chi connectivity index (χ4v) is 2.09. The van der Waals surface area contributed by atoms with Gasteiger partial charge < -0.3 is 15.2 Å². The van der Waals surface area contributed by atoms with E-state index in [0.29, 0.717) is 0 Å². The van der Waals surface area contributed by atoms with Gasteiger partial charge in [0.25, 0.3) is 0 Å². The number of ether oxygens (including phenoxy) is 2. The van der Waals surface area contributed by atoms with Gasteiger partial charge in [-0.2, -0.15) is 0 Å². The SMILES string of the molecule is COc1cc(N)ccc1SCCOC(C)C. The van der Waals surface area contributed by atoms with E-state index in [2.05, 4.69) is 0 Å². The van der Waals surface area contributed by atoms with Gasteiger partial charge in [0.15, 0.2) is 0 Å². The molecule has 0 radical (unpaired) electrons.